The molecule has 1 saturated heterocycles. The van der Waals surface area contributed by atoms with Gasteiger partial charge in [-0.3, -0.25) is 19.4 Å². The van der Waals surface area contributed by atoms with Crippen LogP contribution in [0.2, 0.25) is 0 Å². The Bertz CT molecular complexity index is 1650. The first-order valence-corrected chi connectivity index (χ1v) is 14.2. The molecule has 0 amide bonds. The van der Waals surface area contributed by atoms with Crippen LogP contribution in [-0.4, -0.2) is 78.1 Å². The number of fused-ring (bicyclic) bond motifs is 1. The van der Waals surface area contributed by atoms with Gasteiger partial charge >= 0.3 is 10.2 Å². The number of rotatable bonds is 9. The average Bonchev–Trinajstić information content (AvgIpc) is 3.38. The zero-order chi connectivity index (χ0) is 28.4. The minimum atomic E-state index is -4.10. The Morgan fingerprint density at radius 1 is 1.10 bits per heavy atom. The van der Waals surface area contributed by atoms with E-state index in [1.54, 1.807) is 25.4 Å². The van der Waals surface area contributed by atoms with E-state index in [-0.39, 0.29) is 12.1 Å². The van der Waals surface area contributed by atoms with Gasteiger partial charge < -0.3 is 10.3 Å². The molecule has 0 atom stereocenters. The standard InChI is InChI=1S/C27H29F2N7O3S/c1-3-35(2)40(38,39)34-23-7-6-22(28)24(25(23)29)26(37)21-15-33-27-20(21)12-18(14-32-27)17-4-5-19(31-13-17)16-36-10-8-30-9-11-36/h4-7,12-15,30,34H,3,8-11,16H2,1-2H3,(H,32,33). The lowest BCUT2D eigenvalue weighted by molar-refractivity contribution is 0.103. The minimum Gasteiger partial charge on any atom is -0.345 e. The van der Waals surface area contributed by atoms with Gasteiger partial charge in [-0.05, 0) is 24.3 Å². The molecule has 1 fully saturated rings. The minimum absolute atomic E-state index is 0.00359. The van der Waals surface area contributed by atoms with Crippen molar-refractivity contribution < 1.29 is 22.0 Å². The molecular weight excluding hydrogens is 540 g/mol. The van der Waals surface area contributed by atoms with Crippen LogP contribution < -0.4 is 10.0 Å². The van der Waals surface area contributed by atoms with Gasteiger partial charge in [-0.15, -0.1) is 0 Å². The van der Waals surface area contributed by atoms with Crippen molar-refractivity contribution >= 4 is 32.7 Å². The molecular formula is C27H29F2N7O3S. The first-order valence-electron chi connectivity index (χ1n) is 12.8. The highest BCUT2D eigenvalue weighted by atomic mass is 32.2. The number of hydrogen-bond donors (Lipinski definition) is 3. The van der Waals surface area contributed by atoms with E-state index in [2.05, 4.69) is 29.9 Å². The second-order valence-corrected chi connectivity index (χ2v) is 11.3. The van der Waals surface area contributed by atoms with E-state index in [0.29, 0.717) is 16.6 Å². The molecule has 5 rings (SSSR count). The molecule has 10 nitrogen and oxygen atoms in total. The number of ketones is 1. The smallest absolute Gasteiger partial charge is 0.301 e. The Labute approximate surface area is 230 Å². The average molecular weight is 570 g/mol. The summed E-state index contributed by atoms with van der Waals surface area (Å²) in [6, 6.07) is 7.36. The molecule has 1 aromatic carbocycles. The fourth-order valence-corrected chi connectivity index (χ4v) is 5.43. The maximum Gasteiger partial charge on any atom is 0.301 e. The summed E-state index contributed by atoms with van der Waals surface area (Å²) < 4.78 is 58.0. The summed E-state index contributed by atoms with van der Waals surface area (Å²) in [5, 5.41) is 3.69. The van der Waals surface area contributed by atoms with Crippen LogP contribution in [-0.2, 0) is 16.8 Å². The van der Waals surface area contributed by atoms with Crippen molar-refractivity contribution in [3.63, 3.8) is 0 Å². The molecule has 13 heteroatoms. The number of aromatic amines is 1. The number of pyridine rings is 2. The molecule has 0 radical (unpaired) electrons. The number of hydrogen-bond acceptors (Lipinski definition) is 7. The van der Waals surface area contributed by atoms with Gasteiger partial charge in [-0.2, -0.15) is 12.7 Å². The molecule has 3 aromatic heterocycles. The zero-order valence-corrected chi connectivity index (χ0v) is 22.9. The normalized spacial score (nSPS) is 14.6. The van der Waals surface area contributed by atoms with E-state index < -0.39 is 38.9 Å². The van der Waals surface area contributed by atoms with Crippen molar-refractivity contribution in [2.75, 3.05) is 44.5 Å². The maximum atomic E-state index is 15.4. The van der Waals surface area contributed by atoms with Gasteiger partial charge in [0.1, 0.15) is 11.5 Å². The van der Waals surface area contributed by atoms with Crippen LogP contribution >= 0.6 is 0 Å². The predicted octanol–water partition coefficient (Wildman–Crippen LogP) is 3.15. The number of halogens is 2. The number of benzene rings is 1. The van der Waals surface area contributed by atoms with E-state index in [0.717, 1.165) is 60.4 Å². The highest BCUT2D eigenvalue weighted by Gasteiger charge is 2.27. The molecule has 40 heavy (non-hydrogen) atoms. The Balaban J connectivity index is 1.44. The number of anilines is 1. The van der Waals surface area contributed by atoms with Gasteiger partial charge in [0.15, 0.2) is 5.82 Å². The first-order chi connectivity index (χ1) is 19.2. The van der Waals surface area contributed by atoms with Crippen LogP contribution in [0.5, 0.6) is 0 Å². The third-order valence-corrected chi connectivity index (χ3v) is 8.50. The lowest BCUT2D eigenvalue weighted by atomic mass is 10.00. The van der Waals surface area contributed by atoms with Crippen molar-refractivity contribution in [2.24, 2.45) is 0 Å². The van der Waals surface area contributed by atoms with Crippen molar-refractivity contribution in [1.82, 2.24) is 29.5 Å². The van der Waals surface area contributed by atoms with Gasteiger partial charge in [0.25, 0.3) is 0 Å². The monoisotopic (exact) mass is 569 g/mol. The molecule has 0 saturated carbocycles. The summed E-state index contributed by atoms with van der Waals surface area (Å²) in [5.74, 6) is -3.37. The summed E-state index contributed by atoms with van der Waals surface area (Å²) >= 11 is 0. The van der Waals surface area contributed by atoms with E-state index in [9.17, 15) is 17.6 Å². The molecule has 0 spiro atoms. The highest BCUT2D eigenvalue weighted by molar-refractivity contribution is 7.90. The molecule has 1 aliphatic rings. The quantitative estimate of drug-likeness (QED) is 0.265. The van der Waals surface area contributed by atoms with Crippen LogP contribution in [0.1, 0.15) is 28.5 Å². The zero-order valence-electron chi connectivity index (χ0n) is 22.0. The SMILES string of the molecule is CCN(C)S(=O)(=O)Nc1ccc(F)c(C(=O)c2c[nH]c3ncc(-c4ccc(CN5CCNCC5)nc4)cc23)c1F. The van der Waals surface area contributed by atoms with Crippen molar-refractivity contribution in [1.29, 1.82) is 0 Å². The fraction of sp³-hybridized carbons (Fsp3) is 0.296. The lowest BCUT2D eigenvalue weighted by Crippen LogP contribution is -2.43. The lowest BCUT2D eigenvalue weighted by Gasteiger charge is -2.26. The van der Waals surface area contributed by atoms with E-state index in [1.165, 1.54) is 13.2 Å². The van der Waals surface area contributed by atoms with Crippen LogP contribution in [0, 0.1) is 11.6 Å². The molecule has 4 heterocycles. The number of carbonyl (C=O) groups is 1. The van der Waals surface area contributed by atoms with E-state index >= 15 is 4.39 Å². The van der Waals surface area contributed by atoms with Crippen LogP contribution in [0.3, 0.4) is 0 Å². The van der Waals surface area contributed by atoms with Crippen LogP contribution in [0.15, 0.2) is 48.9 Å². The second kappa shape index (κ2) is 11.4. The number of aromatic nitrogens is 3. The summed E-state index contributed by atoms with van der Waals surface area (Å²) in [6.45, 7) is 6.29. The largest absolute Gasteiger partial charge is 0.345 e. The molecule has 0 aliphatic carbocycles. The predicted molar refractivity (Wildman–Crippen MR) is 148 cm³/mol. The van der Waals surface area contributed by atoms with Crippen LogP contribution in [0.25, 0.3) is 22.2 Å². The number of nitrogens with one attached hydrogen (secondary N) is 3. The maximum absolute atomic E-state index is 15.4. The molecule has 0 bridgehead atoms. The fourth-order valence-electron chi connectivity index (χ4n) is 4.50. The third kappa shape index (κ3) is 5.59. The third-order valence-electron chi connectivity index (χ3n) is 6.94. The van der Waals surface area contributed by atoms with Crippen LogP contribution in [0.4, 0.5) is 14.5 Å². The van der Waals surface area contributed by atoms with Gasteiger partial charge in [0, 0.05) is 87.0 Å². The van der Waals surface area contributed by atoms with Crippen molar-refractivity contribution in [3.8, 4) is 11.1 Å². The van der Waals surface area contributed by atoms with E-state index in [1.807, 2.05) is 12.1 Å². The number of piperazine rings is 1. The van der Waals surface area contributed by atoms with Gasteiger partial charge in [0.05, 0.1) is 16.9 Å². The molecule has 1 aliphatic heterocycles. The summed E-state index contributed by atoms with van der Waals surface area (Å²) in [7, 11) is -2.79. The molecule has 210 valence electrons. The number of carbonyl (C=O) groups excluding carboxylic acids is 1. The second-order valence-electron chi connectivity index (χ2n) is 9.52. The first kappa shape index (κ1) is 27.8. The summed E-state index contributed by atoms with van der Waals surface area (Å²) in [4.78, 5) is 27.6. The summed E-state index contributed by atoms with van der Waals surface area (Å²) in [5.41, 5.74) is 1.33. The number of nitrogens with zero attached hydrogens (tertiary/aromatic N) is 4. The Morgan fingerprint density at radius 3 is 2.55 bits per heavy atom. The van der Waals surface area contributed by atoms with E-state index in [4.69, 9.17) is 0 Å². The van der Waals surface area contributed by atoms with Gasteiger partial charge in [0.2, 0.25) is 5.78 Å². The number of H-pyrrole nitrogens is 1. The Morgan fingerprint density at radius 2 is 1.85 bits per heavy atom. The van der Waals surface area contributed by atoms with Gasteiger partial charge in [-0.1, -0.05) is 13.0 Å². The molecule has 0 unspecified atom stereocenters. The summed E-state index contributed by atoms with van der Waals surface area (Å²) in [6.07, 6.45) is 4.69. The van der Waals surface area contributed by atoms with Crippen molar-refractivity contribution in [3.05, 3.63) is 77.4 Å². The Hall–Kier alpha value is -3.78. The molecule has 3 N–H and O–H groups in total. The topological polar surface area (TPSA) is 123 Å². The van der Waals surface area contributed by atoms with Crippen molar-refractivity contribution in [2.45, 2.75) is 13.5 Å². The Kier molecular flexibility index (Phi) is 7.90. The molecule has 4 aromatic rings. The van der Waals surface area contributed by atoms with Gasteiger partial charge in [-0.25, -0.2) is 13.8 Å². The highest BCUT2D eigenvalue weighted by Crippen LogP contribution is 2.29.